The summed E-state index contributed by atoms with van der Waals surface area (Å²) < 4.78 is 176. The van der Waals surface area contributed by atoms with E-state index < -0.39 is 57.8 Å². The van der Waals surface area contributed by atoms with Gasteiger partial charge < -0.3 is 11.5 Å². The Hall–Kier alpha value is -3.58. The molecule has 0 bridgehead atoms. The Kier molecular flexibility index (Phi) is 6.88. The SMILES string of the molecule is Nc1ccc(C(c2ccccc2C(c2ccc(N)cc2)(C(F)(F)F)C(F)(F)F)(C(F)(F)F)C(F)(F)F)cc1. The van der Waals surface area contributed by atoms with Gasteiger partial charge in [-0.05, 0) is 46.5 Å². The van der Waals surface area contributed by atoms with E-state index in [1.807, 2.05) is 0 Å². The highest BCUT2D eigenvalue weighted by molar-refractivity contribution is 5.57. The Balaban J connectivity index is 2.67. The van der Waals surface area contributed by atoms with E-state index in [0.717, 1.165) is 0 Å². The molecule has 0 saturated heterocycles. The minimum absolute atomic E-state index is 0.0454. The van der Waals surface area contributed by atoms with Gasteiger partial charge in [0, 0.05) is 11.4 Å². The van der Waals surface area contributed by atoms with Crippen LogP contribution in [0.25, 0.3) is 0 Å². The van der Waals surface area contributed by atoms with Gasteiger partial charge in [-0.1, -0.05) is 48.5 Å². The topological polar surface area (TPSA) is 52.0 Å². The first-order chi connectivity index (χ1) is 17.2. The lowest BCUT2D eigenvalue weighted by Gasteiger charge is -2.44. The molecule has 0 atom stereocenters. The lowest BCUT2D eigenvalue weighted by molar-refractivity contribution is -0.298. The Bertz CT molecular complexity index is 1140. The van der Waals surface area contributed by atoms with E-state index in [-0.39, 0.29) is 47.8 Å². The Morgan fingerprint density at radius 2 is 0.605 bits per heavy atom. The molecular formula is C24H16F12N2. The molecular weight excluding hydrogens is 544 g/mol. The first-order valence-corrected chi connectivity index (χ1v) is 10.3. The number of rotatable bonds is 4. The highest BCUT2D eigenvalue weighted by Crippen LogP contribution is 2.63. The summed E-state index contributed by atoms with van der Waals surface area (Å²) in [6.07, 6.45) is -25.9. The van der Waals surface area contributed by atoms with E-state index in [1.54, 1.807) is 0 Å². The predicted molar refractivity (Wildman–Crippen MR) is 114 cm³/mol. The molecule has 0 radical (unpaired) electrons. The molecule has 206 valence electrons. The van der Waals surface area contributed by atoms with Crippen LogP contribution < -0.4 is 11.5 Å². The van der Waals surface area contributed by atoms with E-state index in [4.69, 9.17) is 11.5 Å². The Labute approximate surface area is 206 Å². The molecule has 4 N–H and O–H groups in total. The molecule has 3 aromatic carbocycles. The second-order valence-corrected chi connectivity index (χ2v) is 8.28. The quantitative estimate of drug-likeness (QED) is 0.254. The molecule has 0 saturated carbocycles. The maximum Gasteiger partial charge on any atom is 0.411 e. The molecule has 0 aliphatic heterocycles. The third-order valence-corrected chi connectivity index (χ3v) is 6.12. The average Bonchev–Trinajstić information content (AvgIpc) is 2.74. The van der Waals surface area contributed by atoms with Crippen molar-refractivity contribution in [3.8, 4) is 0 Å². The molecule has 38 heavy (non-hydrogen) atoms. The van der Waals surface area contributed by atoms with Gasteiger partial charge in [-0.2, -0.15) is 52.7 Å². The van der Waals surface area contributed by atoms with Crippen LogP contribution in [0, 0.1) is 0 Å². The van der Waals surface area contributed by atoms with Crippen molar-refractivity contribution >= 4 is 11.4 Å². The summed E-state index contributed by atoms with van der Waals surface area (Å²) in [5.41, 5.74) is -8.52. The maximum absolute atomic E-state index is 14.6. The van der Waals surface area contributed by atoms with Gasteiger partial charge in [0.1, 0.15) is 0 Å². The van der Waals surface area contributed by atoms with Crippen molar-refractivity contribution in [3.05, 3.63) is 95.1 Å². The third kappa shape index (κ3) is 4.19. The molecule has 0 amide bonds. The number of benzene rings is 3. The van der Waals surface area contributed by atoms with Crippen LogP contribution >= 0.6 is 0 Å². The van der Waals surface area contributed by atoms with Gasteiger partial charge >= 0.3 is 24.7 Å². The van der Waals surface area contributed by atoms with Gasteiger partial charge in [-0.15, -0.1) is 0 Å². The van der Waals surface area contributed by atoms with Gasteiger partial charge in [0.05, 0.1) is 0 Å². The summed E-state index contributed by atoms with van der Waals surface area (Å²) in [6, 6.07) is 4.35. The minimum Gasteiger partial charge on any atom is -0.399 e. The van der Waals surface area contributed by atoms with E-state index in [1.165, 1.54) is 0 Å². The average molecular weight is 560 g/mol. The van der Waals surface area contributed by atoms with Crippen LogP contribution in [0.4, 0.5) is 64.1 Å². The normalized spacial score (nSPS) is 14.0. The fourth-order valence-electron chi connectivity index (χ4n) is 4.50. The van der Waals surface area contributed by atoms with Crippen LogP contribution in [-0.2, 0) is 10.8 Å². The van der Waals surface area contributed by atoms with E-state index in [2.05, 4.69) is 0 Å². The van der Waals surface area contributed by atoms with E-state index in [0.29, 0.717) is 36.4 Å². The number of anilines is 2. The summed E-state index contributed by atoms with van der Waals surface area (Å²) in [5.74, 6) is 0. The van der Waals surface area contributed by atoms with Crippen molar-refractivity contribution < 1.29 is 52.7 Å². The number of nitrogens with two attached hydrogens (primary N) is 2. The zero-order valence-electron chi connectivity index (χ0n) is 18.6. The summed E-state index contributed by atoms with van der Waals surface area (Å²) >= 11 is 0. The predicted octanol–water partition coefficient (Wildman–Crippen LogP) is 7.67. The zero-order chi connectivity index (χ0) is 28.9. The van der Waals surface area contributed by atoms with Crippen LogP contribution in [-0.4, -0.2) is 24.7 Å². The molecule has 3 rings (SSSR count). The summed E-state index contributed by atoms with van der Waals surface area (Å²) in [7, 11) is 0. The van der Waals surface area contributed by atoms with Crippen LogP contribution in [0.2, 0.25) is 0 Å². The molecule has 3 aromatic rings. The minimum atomic E-state index is -6.47. The largest absolute Gasteiger partial charge is 0.411 e. The summed E-state index contributed by atoms with van der Waals surface area (Å²) in [5, 5.41) is 0. The second kappa shape index (κ2) is 9.02. The van der Waals surface area contributed by atoms with Gasteiger partial charge in [0.25, 0.3) is 0 Å². The third-order valence-electron chi connectivity index (χ3n) is 6.12. The van der Waals surface area contributed by atoms with E-state index >= 15 is 0 Å². The second-order valence-electron chi connectivity index (χ2n) is 8.28. The monoisotopic (exact) mass is 560 g/mol. The van der Waals surface area contributed by atoms with Crippen LogP contribution in [0.1, 0.15) is 22.3 Å². The molecule has 0 aromatic heterocycles. The number of hydrogen-bond acceptors (Lipinski definition) is 2. The molecule has 0 heterocycles. The number of alkyl halides is 12. The highest BCUT2D eigenvalue weighted by Gasteiger charge is 2.78. The van der Waals surface area contributed by atoms with Gasteiger partial charge in [-0.3, -0.25) is 0 Å². The molecule has 0 aliphatic rings. The number of hydrogen-bond donors (Lipinski definition) is 2. The first kappa shape index (κ1) is 29.0. The molecule has 0 spiro atoms. The van der Waals surface area contributed by atoms with E-state index in [9.17, 15) is 52.7 Å². The standard InChI is InChI=1S/C24H16F12N2/c25-21(26,27)19(22(28,29)30,13-5-9-15(37)10-6-13)17-3-1-2-4-18(17)20(23(31,32)33,24(34,35)36)14-7-11-16(38)12-8-14/h1-12H,37-38H2. The summed E-state index contributed by atoms with van der Waals surface area (Å²) in [6.45, 7) is 0. The van der Waals surface area contributed by atoms with Crippen molar-refractivity contribution in [2.45, 2.75) is 35.5 Å². The molecule has 0 aliphatic carbocycles. The van der Waals surface area contributed by atoms with Crippen LogP contribution in [0.3, 0.4) is 0 Å². The lowest BCUT2D eigenvalue weighted by atomic mass is 9.64. The van der Waals surface area contributed by atoms with Crippen molar-refractivity contribution in [1.29, 1.82) is 0 Å². The highest BCUT2D eigenvalue weighted by atomic mass is 19.4. The lowest BCUT2D eigenvalue weighted by Crippen LogP contribution is -2.59. The first-order valence-electron chi connectivity index (χ1n) is 10.3. The van der Waals surface area contributed by atoms with Gasteiger partial charge in [0.2, 0.25) is 10.8 Å². The van der Waals surface area contributed by atoms with Crippen LogP contribution in [0.5, 0.6) is 0 Å². The molecule has 0 fully saturated rings. The Morgan fingerprint density at radius 3 is 0.816 bits per heavy atom. The zero-order valence-corrected chi connectivity index (χ0v) is 18.6. The number of nitrogen functional groups attached to an aromatic ring is 2. The molecule has 2 nitrogen and oxygen atoms in total. The fourth-order valence-corrected chi connectivity index (χ4v) is 4.50. The fraction of sp³-hybridized carbons (Fsp3) is 0.250. The number of halogens is 12. The van der Waals surface area contributed by atoms with Crippen molar-refractivity contribution in [2.75, 3.05) is 11.5 Å². The Morgan fingerprint density at radius 1 is 0.368 bits per heavy atom. The molecule has 0 unspecified atom stereocenters. The smallest absolute Gasteiger partial charge is 0.399 e. The van der Waals surface area contributed by atoms with Crippen molar-refractivity contribution in [3.63, 3.8) is 0 Å². The van der Waals surface area contributed by atoms with Crippen LogP contribution in [0.15, 0.2) is 72.8 Å². The van der Waals surface area contributed by atoms with Crippen molar-refractivity contribution in [1.82, 2.24) is 0 Å². The van der Waals surface area contributed by atoms with Gasteiger partial charge in [-0.25, -0.2) is 0 Å². The van der Waals surface area contributed by atoms with Gasteiger partial charge in [0.15, 0.2) is 0 Å². The maximum atomic E-state index is 14.6. The van der Waals surface area contributed by atoms with Crippen molar-refractivity contribution in [2.24, 2.45) is 0 Å². The summed E-state index contributed by atoms with van der Waals surface area (Å²) in [4.78, 5) is 0. The molecule has 14 heteroatoms.